The molecule has 0 saturated carbocycles. The molecule has 2 rings (SSSR count). The van der Waals surface area contributed by atoms with E-state index in [0.717, 1.165) is 31.9 Å². The molecule has 90 valence electrons. The monoisotopic (exact) mass is 330 g/mol. The van der Waals surface area contributed by atoms with E-state index in [1.54, 1.807) is 29.4 Å². The first kappa shape index (κ1) is 12.8. The van der Waals surface area contributed by atoms with Crippen molar-refractivity contribution in [1.29, 1.82) is 0 Å². The number of rotatable bonds is 4. The van der Waals surface area contributed by atoms with Gasteiger partial charge in [-0.1, -0.05) is 0 Å². The molecule has 0 aliphatic rings. The molecule has 0 spiro atoms. The van der Waals surface area contributed by atoms with Gasteiger partial charge < -0.3 is 5.32 Å². The lowest BCUT2D eigenvalue weighted by Gasteiger charge is -2.06. The molecular formula is C10H11BrN4S2. The Morgan fingerprint density at radius 1 is 1.47 bits per heavy atom. The maximum atomic E-state index is 4.40. The van der Waals surface area contributed by atoms with Crippen LogP contribution in [0.3, 0.4) is 0 Å². The highest BCUT2D eigenvalue weighted by Crippen LogP contribution is 2.35. The molecule has 17 heavy (non-hydrogen) atoms. The van der Waals surface area contributed by atoms with Gasteiger partial charge in [-0.2, -0.15) is 0 Å². The zero-order chi connectivity index (χ0) is 12.3. The molecule has 0 bridgehead atoms. The van der Waals surface area contributed by atoms with Crippen LogP contribution in [0.4, 0.5) is 5.82 Å². The molecule has 0 radical (unpaired) electrons. The van der Waals surface area contributed by atoms with Crippen molar-refractivity contribution in [3.63, 3.8) is 0 Å². The second-order valence-electron chi connectivity index (χ2n) is 3.23. The Bertz CT molecular complexity index is 515. The predicted octanol–water partition coefficient (Wildman–Crippen LogP) is 3.59. The normalized spacial score (nSPS) is 10.5. The van der Waals surface area contributed by atoms with E-state index in [-0.39, 0.29) is 0 Å². The van der Waals surface area contributed by atoms with Gasteiger partial charge in [0.15, 0.2) is 4.34 Å². The summed E-state index contributed by atoms with van der Waals surface area (Å²) in [7, 11) is 0. The topological polar surface area (TPSA) is 50.7 Å². The van der Waals surface area contributed by atoms with Crippen molar-refractivity contribution < 1.29 is 0 Å². The lowest BCUT2D eigenvalue weighted by atomic mass is 10.5. The second kappa shape index (κ2) is 5.79. The van der Waals surface area contributed by atoms with Gasteiger partial charge in [-0.25, -0.2) is 15.0 Å². The highest BCUT2D eigenvalue weighted by Gasteiger charge is 2.11. The minimum atomic E-state index is 0.818. The van der Waals surface area contributed by atoms with Crippen molar-refractivity contribution in [2.45, 2.75) is 23.2 Å². The van der Waals surface area contributed by atoms with Crippen LogP contribution in [0.5, 0.6) is 0 Å². The van der Waals surface area contributed by atoms with Gasteiger partial charge in [0.2, 0.25) is 0 Å². The fraction of sp³-hybridized carbons (Fsp3) is 0.300. The van der Waals surface area contributed by atoms with Gasteiger partial charge in [-0.05, 0) is 41.5 Å². The van der Waals surface area contributed by atoms with Crippen LogP contribution in [0.1, 0.15) is 12.6 Å². The molecule has 0 atom stereocenters. The highest BCUT2D eigenvalue weighted by atomic mass is 79.9. The molecule has 7 heteroatoms. The summed E-state index contributed by atoms with van der Waals surface area (Å²) in [6.07, 6.45) is 1.56. The summed E-state index contributed by atoms with van der Waals surface area (Å²) in [6, 6.07) is 0. The van der Waals surface area contributed by atoms with Crippen molar-refractivity contribution >= 4 is 44.8 Å². The standard InChI is InChI=1S/C10H11BrN4S2/c1-3-12-8-7(11)9(14-5-13-8)17-10-15-6(2)4-16-10/h4-5H,3H2,1-2H3,(H,12,13,14). The van der Waals surface area contributed by atoms with E-state index in [1.807, 2.05) is 19.2 Å². The van der Waals surface area contributed by atoms with E-state index in [0.29, 0.717) is 0 Å². The third-order valence-electron chi connectivity index (χ3n) is 1.88. The number of halogens is 1. The molecule has 0 aliphatic carbocycles. The third kappa shape index (κ3) is 3.17. The first-order valence-electron chi connectivity index (χ1n) is 5.05. The third-order valence-corrected chi connectivity index (χ3v) is 4.96. The van der Waals surface area contributed by atoms with Gasteiger partial charge in [-0.15, -0.1) is 11.3 Å². The summed E-state index contributed by atoms with van der Waals surface area (Å²) in [5.74, 6) is 0.818. The van der Waals surface area contributed by atoms with Crippen LogP contribution >= 0.6 is 39.0 Å². The molecule has 2 aromatic heterocycles. The summed E-state index contributed by atoms with van der Waals surface area (Å²) in [4.78, 5) is 12.8. The van der Waals surface area contributed by atoms with E-state index >= 15 is 0 Å². The fourth-order valence-corrected chi connectivity index (χ4v) is 3.50. The van der Waals surface area contributed by atoms with E-state index in [4.69, 9.17) is 0 Å². The first-order valence-corrected chi connectivity index (χ1v) is 7.54. The van der Waals surface area contributed by atoms with Crippen LogP contribution in [0, 0.1) is 6.92 Å². The zero-order valence-electron chi connectivity index (χ0n) is 9.40. The molecule has 0 aliphatic heterocycles. The number of aromatic nitrogens is 3. The van der Waals surface area contributed by atoms with Gasteiger partial charge in [0.1, 0.15) is 17.2 Å². The predicted molar refractivity (Wildman–Crippen MR) is 74.9 cm³/mol. The number of nitrogens with one attached hydrogen (secondary N) is 1. The summed E-state index contributed by atoms with van der Waals surface area (Å²) in [5, 5.41) is 6.09. The van der Waals surface area contributed by atoms with Crippen molar-refractivity contribution in [3.05, 3.63) is 21.9 Å². The molecule has 0 saturated heterocycles. The summed E-state index contributed by atoms with van der Waals surface area (Å²) < 4.78 is 1.88. The van der Waals surface area contributed by atoms with E-state index in [2.05, 4.69) is 36.2 Å². The van der Waals surface area contributed by atoms with E-state index < -0.39 is 0 Å². The average Bonchev–Trinajstić information content (AvgIpc) is 2.70. The molecule has 2 heterocycles. The molecule has 2 aromatic rings. The first-order chi connectivity index (χ1) is 8.20. The van der Waals surface area contributed by atoms with Crippen LogP contribution in [0.15, 0.2) is 25.5 Å². The smallest absolute Gasteiger partial charge is 0.156 e. The number of thiazole rings is 1. The Kier molecular flexibility index (Phi) is 4.36. The Labute approximate surface area is 116 Å². The highest BCUT2D eigenvalue weighted by molar-refractivity contribution is 9.10. The Morgan fingerprint density at radius 3 is 2.94 bits per heavy atom. The van der Waals surface area contributed by atoms with Crippen LogP contribution < -0.4 is 5.32 Å². The van der Waals surface area contributed by atoms with Gasteiger partial charge in [-0.3, -0.25) is 0 Å². The molecule has 1 N–H and O–H groups in total. The Hall–Kier alpha value is -0.660. The number of hydrogen-bond acceptors (Lipinski definition) is 6. The lowest BCUT2D eigenvalue weighted by molar-refractivity contribution is 1.01. The van der Waals surface area contributed by atoms with Crippen molar-refractivity contribution in [1.82, 2.24) is 15.0 Å². The summed E-state index contributed by atoms with van der Waals surface area (Å²) >= 11 is 6.68. The molecule has 0 unspecified atom stereocenters. The number of anilines is 1. The van der Waals surface area contributed by atoms with E-state index in [1.165, 1.54) is 0 Å². The largest absolute Gasteiger partial charge is 0.369 e. The summed E-state index contributed by atoms with van der Waals surface area (Å²) in [6.45, 7) is 4.85. The van der Waals surface area contributed by atoms with Crippen molar-refractivity contribution in [3.8, 4) is 0 Å². The lowest BCUT2D eigenvalue weighted by Crippen LogP contribution is -2.01. The maximum absolute atomic E-state index is 4.40. The quantitative estimate of drug-likeness (QED) is 0.868. The number of nitrogens with zero attached hydrogens (tertiary/aromatic N) is 3. The molecule has 0 amide bonds. The molecule has 0 fully saturated rings. The molecular weight excluding hydrogens is 320 g/mol. The minimum Gasteiger partial charge on any atom is -0.369 e. The van der Waals surface area contributed by atoms with Gasteiger partial charge >= 0.3 is 0 Å². The van der Waals surface area contributed by atoms with Gasteiger partial charge in [0.25, 0.3) is 0 Å². The number of aryl methyl sites for hydroxylation is 1. The SMILES string of the molecule is CCNc1ncnc(Sc2nc(C)cs2)c1Br. The fourth-order valence-electron chi connectivity index (χ4n) is 1.18. The molecule has 4 nitrogen and oxygen atoms in total. The van der Waals surface area contributed by atoms with Crippen molar-refractivity contribution in [2.75, 3.05) is 11.9 Å². The molecule has 0 aromatic carbocycles. The van der Waals surface area contributed by atoms with Crippen LogP contribution in [-0.4, -0.2) is 21.5 Å². The summed E-state index contributed by atoms with van der Waals surface area (Å²) in [5.41, 5.74) is 1.04. The van der Waals surface area contributed by atoms with Crippen LogP contribution in [-0.2, 0) is 0 Å². The van der Waals surface area contributed by atoms with Crippen LogP contribution in [0.25, 0.3) is 0 Å². The van der Waals surface area contributed by atoms with Crippen LogP contribution in [0.2, 0.25) is 0 Å². The maximum Gasteiger partial charge on any atom is 0.156 e. The Balaban J connectivity index is 2.23. The van der Waals surface area contributed by atoms with Gasteiger partial charge in [0, 0.05) is 17.6 Å². The average molecular weight is 331 g/mol. The van der Waals surface area contributed by atoms with E-state index in [9.17, 15) is 0 Å². The van der Waals surface area contributed by atoms with Crippen molar-refractivity contribution in [2.24, 2.45) is 0 Å². The Morgan fingerprint density at radius 2 is 2.29 bits per heavy atom. The zero-order valence-corrected chi connectivity index (χ0v) is 12.6. The second-order valence-corrected chi connectivity index (χ2v) is 6.12. The number of hydrogen-bond donors (Lipinski definition) is 1. The minimum absolute atomic E-state index is 0.818. The van der Waals surface area contributed by atoms with Gasteiger partial charge in [0.05, 0.1) is 4.47 Å².